The van der Waals surface area contributed by atoms with E-state index in [4.69, 9.17) is 0 Å². The van der Waals surface area contributed by atoms with Crippen LogP contribution in [0.25, 0.3) is 0 Å². The molecule has 3 aromatic rings. The molecule has 16 heavy (non-hydrogen) atoms. The molecule has 0 aliphatic heterocycles. The van der Waals surface area contributed by atoms with Crippen molar-refractivity contribution in [2.24, 2.45) is 0 Å². The summed E-state index contributed by atoms with van der Waals surface area (Å²) in [6.45, 7) is 0. The SMILES string of the molecule is c1c[c]([Al]([c]2ccsc2)[c]2ccsc2)cs1. The van der Waals surface area contributed by atoms with Crippen LogP contribution in [0, 0.1) is 0 Å². The summed E-state index contributed by atoms with van der Waals surface area (Å²) in [5, 5.41) is 13.5. The van der Waals surface area contributed by atoms with Crippen molar-refractivity contribution < 1.29 is 0 Å². The molecule has 78 valence electrons. The molecule has 0 aliphatic rings. The van der Waals surface area contributed by atoms with Gasteiger partial charge in [-0.25, -0.2) is 0 Å². The van der Waals surface area contributed by atoms with Gasteiger partial charge in [0, 0.05) is 0 Å². The van der Waals surface area contributed by atoms with E-state index in [2.05, 4.69) is 50.5 Å². The van der Waals surface area contributed by atoms with E-state index in [-0.39, 0.29) is 0 Å². The minimum absolute atomic E-state index is 1.13. The monoisotopic (exact) mass is 276 g/mol. The third-order valence-electron chi connectivity index (χ3n) is 2.63. The van der Waals surface area contributed by atoms with Crippen LogP contribution in [0.5, 0.6) is 0 Å². The molecule has 0 unspecified atom stereocenters. The van der Waals surface area contributed by atoms with Crippen molar-refractivity contribution in [2.75, 3.05) is 0 Å². The van der Waals surface area contributed by atoms with Crippen molar-refractivity contribution in [3.63, 3.8) is 0 Å². The Bertz CT molecular complexity index is 441. The first-order valence-corrected chi connectivity index (χ1v) is 9.57. The summed E-state index contributed by atoms with van der Waals surface area (Å²) in [6.07, 6.45) is 0. The first kappa shape index (κ1) is 10.8. The molecule has 4 heteroatoms. The van der Waals surface area contributed by atoms with Gasteiger partial charge in [0.2, 0.25) is 0 Å². The highest BCUT2D eigenvalue weighted by Gasteiger charge is 2.25. The van der Waals surface area contributed by atoms with Crippen LogP contribution >= 0.6 is 34.0 Å². The Morgan fingerprint density at radius 1 is 0.625 bits per heavy atom. The Morgan fingerprint density at radius 3 is 1.25 bits per heavy atom. The summed E-state index contributed by atoms with van der Waals surface area (Å²) in [5.74, 6) is 0. The maximum atomic E-state index is 2.31. The van der Waals surface area contributed by atoms with Gasteiger partial charge in [-0.15, -0.1) is 0 Å². The molecule has 3 heterocycles. The topological polar surface area (TPSA) is 0 Å². The van der Waals surface area contributed by atoms with Crippen LogP contribution in [-0.2, 0) is 0 Å². The zero-order valence-electron chi connectivity index (χ0n) is 8.50. The average Bonchev–Trinajstić information content (AvgIpc) is 3.02. The zero-order chi connectivity index (χ0) is 10.8. The lowest BCUT2D eigenvalue weighted by molar-refractivity contribution is 1.99. The molecule has 0 amide bonds. The lowest BCUT2D eigenvalue weighted by atomic mass is 10.6. The summed E-state index contributed by atoms with van der Waals surface area (Å²) < 4.78 is 4.63. The predicted octanol–water partition coefficient (Wildman–Crippen LogP) is 2.39. The lowest BCUT2D eigenvalue weighted by Crippen LogP contribution is -2.50. The highest BCUT2D eigenvalue weighted by Crippen LogP contribution is 2.03. The molecular weight excluding hydrogens is 267 g/mol. The van der Waals surface area contributed by atoms with Gasteiger partial charge in [-0.1, -0.05) is 31.5 Å². The van der Waals surface area contributed by atoms with Crippen molar-refractivity contribution in [1.82, 2.24) is 0 Å². The maximum Gasteiger partial charge on any atom is 0.387 e. The normalized spacial score (nSPS) is 10.5. The third kappa shape index (κ3) is 2.04. The fourth-order valence-corrected chi connectivity index (χ4v) is 8.32. The van der Waals surface area contributed by atoms with Gasteiger partial charge in [-0.3, -0.25) is 0 Å². The van der Waals surface area contributed by atoms with E-state index in [0.29, 0.717) is 0 Å². The van der Waals surface area contributed by atoms with E-state index in [9.17, 15) is 0 Å². The van der Waals surface area contributed by atoms with Gasteiger partial charge in [0.25, 0.3) is 0 Å². The molecule has 0 fully saturated rings. The molecule has 0 bridgehead atoms. The van der Waals surface area contributed by atoms with Crippen LogP contribution in [0.4, 0.5) is 0 Å². The highest BCUT2D eigenvalue weighted by molar-refractivity contribution is 7.14. The Kier molecular flexibility index (Phi) is 3.28. The van der Waals surface area contributed by atoms with E-state index < -0.39 is 14.1 Å². The Morgan fingerprint density at radius 2 is 1.00 bits per heavy atom. The van der Waals surface area contributed by atoms with Crippen molar-refractivity contribution in [3.8, 4) is 0 Å². The number of hydrogen-bond donors (Lipinski definition) is 0. The highest BCUT2D eigenvalue weighted by atomic mass is 32.1. The molecule has 3 rings (SSSR count). The van der Waals surface area contributed by atoms with Crippen molar-refractivity contribution in [3.05, 3.63) is 50.5 Å². The summed E-state index contributed by atoms with van der Waals surface area (Å²) in [7, 11) is 0. The second kappa shape index (κ2) is 4.87. The van der Waals surface area contributed by atoms with E-state index in [1.54, 1.807) is 47.3 Å². The van der Waals surface area contributed by atoms with E-state index in [1.165, 1.54) is 0 Å². The van der Waals surface area contributed by atoms with Gasteiger partial charge in [0.05, 0.1) is 0 Å². The number of hydrogen-bond acceptors (Lipinski definition) is 3. The van der Waals surface area contributed by atoms with Crippen molar-refractivity contribution >= 4 is 61.4 Å². The van der Waals surface area contributed by atoms with Gasteiger partial charge >= 0.3 is 14.1 Å². The molecule has 0 radical (unpaired) electrons. The molecule has 0 nitrogen and oxygen atoms in total. The minimum Gasteiger partial charge on any atom is -0.154 e. The van der Waals surface area contributed by atoms with Crippen LogP contribution in [-0.4, -0.2) is 14.1 Å². The van der Waals surface area contributed by atoms with Gasteiger partial charge in [-0.2, -0.15) is 34.0 Å². The quantitative estimate of drug-likeness (QED) is 0.644. The van der Waals surface area contributed by atoms with Crippen molar-refractivity contribution in [1.29, 1.82) is 0 Å². The summed E-state index contributed by atoms with van der Waals surface area (Å²) >= 11 is 4.28. The number of rotatable bonds is 3. The minimum atomic E-state index is -1.13. The van der Waals surface area contributed by atoms with Gasteiger partial charge in [0.15, 0.2) is 0 Å². The Balaban J connectivity index is 2.09. The summed E-state index contributed by atoms with van der Waals surface area (Å²) in [6, 6.07) is 6.87. The van der Waals surface area contributed by atoms with E-state index >= 15 is 0 Å². The average molecular weight is 276 g/mol. The Labute approximate surface area is 111 Å². The number of thiophene rings is 3. The molecule has 0 spiro atoms. The van der Waals surface area contributed by atoms with Crippen LogP contribution in [0.15, 0.2) is 50.5 Å². The largest absolute Gasteiger partial charge is 0.387 e. The summed E-state index contributed by atoms with van der Waals surface area (Å²) in [5.41, 5.74) is 0. The molecule has 3 aromatic heterocycles. The molecular formula is C12H9AlS3. The van der Waals surface area contributed by atoms with E-state index in [1.807, 2.05) is 0 Å². The first-order valence-electron chi connectivity index (χ1n) is 5.01. The molecule has 0 aromatic carbocycles. The van der Waals surface area contributed by atoms with Gasteiger partial charge in [-0.05, 0) is 32.3 Å². The lowest BCUT2D eigenvalue weighted by Gasteiger charge is -2.06. The predicted molar refractivity (Wildman–Crippen MR) is 77.6 cm³/mol. The second-order valence-corrected chi connectivity index (χ2v) is 8.81. The third-order valence-corrected chi connectivity index (χ3v) is 8.54. The standard InChI is InChI=1S/3C4H3S.Al/c3*1-2-4-5-3-1;/h3*1,3-4H;. The van der Waals surface area contributed by atoms with Gasteiger partial charge < -0.3 is 0 Å². The summed E-state index contributed by atoms with van der Waals surface area (Å²) in [4.78, 5) is 0. The smallest absolute Gasteiger partial charge is 0.154 e. The van der Waals surface area contributed by atoms with Gasteiger partial charge in [0.1, 0.15) is 0 Å². The molecule has 0 saturated carbocycles. The maximum absolute atomic E-state index is 2.31. The molecule has 0 atom stereocenters. The second-order valence-electron chi connectivity index (χ2n) is 3.60. The van der Waals surface area contributed by atoms with Crippen LogP contribution in [0.2, 0.25) is 0 Å². The molecule has 0 N–H and O–H groups in total. The zero-order valence-corrected chi connectivity index (χ0v) is 12.1. The van der Waals surface area contributed by atoms with Crippen molar-refractivity contribution in [2.45, 2.75) is 0 Å². The Hall–Kier alpha value is -0.368. The molecule has 0 saturated heterocycles. The first-order chi connectivity index (χ1) is 7.95. The fraction of sp³-hybridized carbons (Fsp3) is 0. The van der Waals surface area contributed by atoms with Crippen LogP contribution in [0.1, 0.15) is 0 Å². The van der Waals surface area contributed by atoms with Crippen LogP contribution < -0.4 is 13.3 Å². The fourth-order valence-electron chi connectivity index (χ4n) is 1.90. The molecule has 0 aliphatic carbocycles. The van der Waals surface area contributed by atoms with E-state index in [0.717, 1.165) is 0 Å². The van der Waals surface area contributed by atoms with Crippen LogP contribution in [0.3, 0.4) is 0 Å².